The first-order chi connectivity index (χ1) is 15.4. The molecule has 0 aliphatic carbocycles. The second-order valence-electron chi connectivity index (χ2n) is 7.92. The number of ether oxygens (including phenoxy) is 2. The lowest BCUT2D eigenvalue weighted by atomic mass is 10.0. The highest BCUT2D eigenvalue weighted by Crippen LogP contribution is 2.24. The van der Waals surface area contributed by atoms with Gasteiger partial charge >= 0.3 is 12.1 Å². The van der Waals surface area contributed by atoms with Crippen LogP contribution >= 0.6 is 12.6 Å². The van der Waals surface area contributed by atoms with Crippen LogP contribution in [-0.4, -0.2) is 83.2 Å². The van der Waals surface area contributed by atoms with Gasteiger partial charge in [0.1, 0.15) is 30.0 Å². The molecule has 0 fully saturated rings. The number of hydrogen-bond acceptors (Lipinski definition) is 9. The van der Waals surface area contributed by atoms with Crippen LogP contribution in [-0.2, 0) is 23.9 Å². The Kier molecular flexibility index (Phi) is 11.0. The van der Waals surface area contributed by atoms with E-state index in [4.69, 9.17) is 4.74 Å². The molecule has 0 heterocycles. The lowest BCUT2D eigenvalue weighted by molar-refractivity contribution is -0.144. The SMILES string of the molecule is COC(=O)CNC(=O)C(c1ccc(O)cc1)N(CCO)C(=O)C(CS)NC(=O)OC(C)(C)C. The smallest absolute Gasteiger partial charge is 0.408 e. The number of amides is 3. The summed E-state index contributed by atoms with van der Waals surface area (Å²) in [5.41, 5.74) is -0.506. The normalized spacial score (nSPS) is 12.8. The number of phenols is 1. The summed E-state index contributed by atoms with van der Waals surface area (Å²) in [6.45, 7) is 3.78. The molecule has 0 aliphatic heterocycles. The van der Waals surface area contributed by atoms with Crippen LogP contribution in [0.2, 0.25) is 0 Å². The Balaban J connectivity index is 3.28. The Morgan fingerprint density at radius 2 is 1.76 bits per heavy atom. The standard InChI is InChI=1S/C21H31N3O8S/c1-21(2,3)32-20(30)23-15(12-33)19(29)24(9-10-25)17(13-5-7-14(26)8-6-13)18(28)22-11-16(27)31-4/h5-8,15,17,25-26,33H,9-12H2,1-4H3,(H,22,28)(H,23,30). The number of benzene rings is 1. The van der Waals surface area contributed by atoms with E-state index in [1.807, 2.05) is 0 Å². The molecule has 2 atom stereocenters. The van der Waals surface area contributed by atoms with Gasteiger partial charge in [0.15, 0.2) is 0 Å². The third-order valence-corrected chi connectivity index (χ3v) is 4.56. The topological polar surface area (TPSA) is 154 Å². The highest BCUT2D eigenvalue weighted by atomic mass is 32.1. The van der Waals surface area contributed by atoms with Crippen molar-refractivity contribution >= 4 is 36.5 Å². The number of phenolic OH excluding ortho intramolecular Hbond substituents is 1. The number of nitrogens with one attached hydrogen (secondary N) is 2. The Morgan fingerprint density at radius 1 is 1.15 bits per heavy atom. The number of aliphatic hydroxyl groups excluding tert-OH is 1. The molecule has 0 spiro atoms. The highest BCUT2D eigenvalue weighted by Gasteiger charge is 2.35. The third kappa shape index (κ3) is 9.18. The lowest BCUT2D eigenvalue weighted by Gasteiger charge is -2.33. The number of esters is 1. The first kappa shape index (κ1) is 28.0. The number of aromatic hydroxyl groups is 1. The fourth-order valence-corrected chi connectivity index (χ4v) is 3.01. The number of carbonyl (C=O) groups excluding carboxylic acids is 4. The van der Waals surface area contributed by atoms with Gasteiger partial charge in [-0.25, -0.2) is 4.79 Å². The molecule has 0 saturated carbocycles. The van der Waals surface area contributed by atoms with Gasteiger partial charge < -0.3 is 35.2 Å². The molecule has 0 aliphatic rings. The summed E-state index contributed by atoms with van der Waals surface area (Å²) in [4.78, 5) is 51.0. The number of aliphatic hydroxyl groups is 1. The van der Waals surface area contributed by atoms with Crippen LogP contribution in [0, 0.1) is 0 Å². The predicted octanol–water partition coefficient (Wildman–Crippen LogP) is 0.366. The van der Waals surface area contributed by atoms with Gasteiger partial charge in [0.05, 0.1) is 13.7 Å². The van der Waals surface area contributed by atoms with Crippen LogP contribution in [0.1, 0.15) is 32.4 Å². The van der Waals surface area contributed by atoms with E-state index in [1.54, 1.807) is 20.8 Å². The summed E-state index contributed by atoms with van der Waals surface area (Å²) < 4.78 is 9.70. The zero-order valence-electron chi connectivity index (χ0n) is 19.0. The van der Waals surface area contributed by atoms with Crippen molar-refractivity contribution < 1.29 is 38.9 Å². The van der Waals surface area contributed by atoms with Crippen molar-refractivity contribution in [1.82, 2.24) is 15.5 Å². The average Bonchev–Trinajstić information content (AvgIpc) is 2.74. The average molecular weight is 486 g/mol. The molecule has 0 saturated heterocycles. The molecule has 1 rings (SSSR count). The Bertz CT molecular complexity index is 826. The number of rotatable bonds is 10. The second kappa shape index (κ2) is 12.9. The molecular formula is C21H31N3O8S. The molecule has 11 nitrogen and oxygen atoms in total. The molecule has 4 N–H and O–H groups in total. The zero-order chi connectivity index (χ0) is 25.2. The van der Waals surface area contributed by atoms with Gasteiger partial charge in [0, 0.05) is 12.3 Å². The molecular weight excluding hydrogens is 454 g/mol. The van der Waals surface area contributed by atoms with Gasteiger partial charge in [0.25, 0.3) is 0 Å². The van der Waals surface area contributed by atoms with E-state index in [9.17, 15) is 29.4 Å². The molecule has 0 aromatic heterocycles. The minimum Gasteiger partial charge on any atom is -0.508 e. The summed E-state index contributed by atoms with van der Waals surface area (Å²) in [5.74, 6) is -2.33. The van der Waals surface area contributed by atoms with Gasteiger partial charge in [-0.1, -0.05) is 12.1 Å². The van der Waals surface area contributed by atoms with Crippen LogP contribution in [0.5, 0.6) is 5.75 Å². The number of carbonyl (C=O) groups is 4. The van der Waals surface area contributed by atoms with E-state index in [1.165, 1.54) is 24.3 Å². The summed E-state index contributed by atoms with van der Waals surface area (Å²) >= 11 is 4.13. The number of alkyl carbamates (subject to hydrolysis) is 1. The minimum absolute atomic E-state index is 0.0627. The number of thiol groups is 1. The maximum absolute atomic E-state index is 13.3. The monoisotopic (exact) mass is 485 g/mol. The fourth-order valence-electron chi connectivity index (χ4n) is 2.77. The van der Waals surface area contributed by atoms with Crippen molar-refractivity contribution in [3.05, 3.63) is 29.8 Å². The molecule has 3 amide bonds. The largest absolute Gasteiger partial charge is 0.508 e. The Morgan fingerprint density at radius 3 is 2.24 bits per heavy atom. The van der Waals surface area contributed by atoms with Crippen LogP contribution in [0.15, 0.2) is 24.3 Å². The number of methoxy groups -OCH3 is 1. The van der Waals surface area contributed by atoms with Gasteiger partial charge in [-0.15, -0.1) is 0 Å². The van der Waals surface area contributed by atoms with Crippen molar-refractivity contribution in [3.63, 3.8) is 0 Å². The van der Waals surface area contributed by atoms with Crippen molar-refractivity contribution in [2.45, 2.75) is 38.5 Å². The van der Waals surface area contributed by atoms with E-state index in [0.29, 0.717) is 5.56 Å². The van der Waals surface area contributed by atoms with E-state index in [-0.39, 0.29) is 18.0 Å². The van der Waals surface area contributed by atoms with Gasteiger partial charge in [0.2, 0.25) is 11.8 Å². The predicted molar refractivity (Wildman–Crippen MR) is 122 cm³/mol. The van der Waals surface area contributed by atoms with Gasteiger partial charge in [-0.3, -0.25) is 14.4 Å². The first-order valence-electron chi connectivity index (χ1n) is 10.1. The quantitative estimate of drug-likeness (QED) is 0.235. The van der Waals surface area contributed by atoms with Crippen LogP contribution in [0.25, 0.3) is 0 Å². The zero-order valence-corrected chi connectivity index (χ0v) is 19.9. The summed E-state index contributed by atoms with van der Waals surface area (Å²) in [5, 5.41) is 24.0. The van der Waals surface area contributed by atoms with Crippen molar-refractivity contribution in [2.75, 3.05) is 32.6 Å². The number of hydrogen-bond donors (Lipinski definition) is 5. The van der Waals surface area contributed by atoms with Crippen molar-refractivity contribution in [2.24, 2.45) is 0 Å². The first-order valence-corrected chi connectivity index (χ1v) is 10.7. The molecule has 0 bridgehead atoms. The Hall–Kier alpha value is -2.99. The third-order valence-electron chi connectivity index (χ3n) is 4.20. The maximum Gasteiger partial charge on any atom is 0.408 e. The van der Waals surface area contributed by atoms with E-state index in [2.05, 4.69) is 28.0 Å². The maximum atomic E-state index is 13.3. The lowest BCUT2D eigenvalue weighted by Crippen LogP contribution is -2.54. The summed E-state index contributed by atoms with van der Waals surface area (Å²) in [7, 11) is 1.16. The van der Waals surface area contributed by atoms with Gasteiger partial charge in [-0.2, -0.15) is 12.6 Å². The summed E-state index contributed by atoms with van der Waals surface area (Å²) in [6.07, 6.45) is -0.852. The Labute approximate surface area is 197 Å². The minimum atomic E-state index is -1.29. The summed E-state index contributed by atoms with van der Waals surface area (Å²) in [6, 6.07) is 3.03. The van der Waals surface area contributed by atoms with E-state index >= 15 is 0 Å². The second-order valence-corrected chi connectivity index (χ2v) is 8.29. The van der Waals surface area contributed by atoms with Crippen LogP contribution in [0.4, 0.5) is 4.79 Å². The van der Waals surface area contributed by atoms with Crippen LogP contribution < -0.4 is 10.6 Å². The number of nitrogens with zero attached hydrogens (tertiary/aromatic N) is 1. The molecule has 184 valence electrons. The van der Waals surface area contributed by atoms with Crippen molar-refractivity contribution in [3.8, 4) is 5.75 Å². The van der Waals surface area contributed by atoms with Crippen molar-refractivity contribution in [1.29, 1.82) is 0 Å². The fraction of sp³-hybridized carbons (Fsp3) is 0.524. The molecule has 1 aromatic carbocycles. The van der Waals surface area contributed by atoms with Gasteiger partial charge in [-0.05, 0) is 38.5 Å². The molecule has 12 heteroatoms. The van der Waals surface area contributed by atoms with E-state index < -0.39 is 54.7 Å². The molecule has 1 aromatic rings. The molecule has 0 radical (unpaired) electrons. The molecule has 33 heavy (non-hydrogen) atoms. The van der Waals surface area contributed by atoms with Crippen LogP contribution in [0.3, 0.4) is 0 Å². The molecule has 2 unspecified atom stereocenters. The van der Waals surface area contributed by atoms with E-state index in [0.717, 1.165) is 12.0 Å². The highest BCUT2D eigenvalue weighted by molar-refractivity contribution is 7.80.